The summed E-state index contributed by atoms with van der Waals surface area (Å²) in [5, 5.41) is 14.9. The lowest BCUT2D eigenvalue weighted by molar-refractivity contribution is 0.281. The van der Waals surface area contributed by atoms with Gasteiger partial charge in [-0.1, -0.05) is 0 Å². The smallest absolute Gasteiger partial charge is 0.218 e. The van der Waals surface area contributed by atoms with Gasteiger partial charge in [-0.3, -0.25) is 9.67 Å². The normalized spacial score (nSPS) is 21.8. The summed E-state index contributed by atoms with van der Waals surface area (Å²) >= 11 is 0. The summed E-state index contributed by atoms with van der Waals surface area (Å²) in [5.74, 6) is 2.23. The van der Waals surface area contributed by atoms with Crippen LogP contribution >= 0.6 is 0 Å². The lowest BCUT2D eigenvalue weighted by Gasteiger charge is -2.27. The Balaban J connectivity index is 1.39. The van der Waals surface area contributed by atoms with Crippen molar-refractivity contribution in [2.75, 3.05) is 13.7 Å². The van der Waals surface area contributed by atoms with Gasteiger partial charge in [-0.25, -0.2) is 4.39 Å². The van der Waals surface area contributed by atoms with E-state index in [2.05, 4.69) is 20.4 Å². The molecule has 30 heavy (non-hydrogen) atoms. The molecule has 2 aromatic rings. The van der Waals surface area contributed by atoms with E-state index in [1.807, 2.05) is 37.5 Å². The second-order valence-electron chi connectivity index (χ2n) is 7.42. The van der Waals surface area contributed by atoms with Crippen LogP contribution in [0.15, 0.2) is 59.5 Å². The molecule has 4 rings (SSSR count). The van der Waals surface area contributed by atoms with Crippen molar-refractivity contribution in [2.45, 2.75) is 18.9 Å². The van der Waals surface area contributed by atoms with E-state index in [1.54, 1.807) is 16.8 Å². The number of hydrogen-bond acceptors (Lipinski definition) is 7. The number of halogens is 1. The number of aromatic nitrogens is 3. The van der Waals surface area contributed by atoms with Gasteiger partial charge in [-0.05, 0) is 24.6 Å². The predicted octanol–water partition coefficient (Wildman–Crippen LogP) is 2.54. The monoisotopic (exact) mass is 409 g/mol. The van der Waals surface area contributed by atoms with E-state index < -0.39 is 0 Å². The molecule has 0 unspecified atom stereocenters. The zero-order valence-corrected chi connectivity index (χ0v) is 16.9. The summed E-state index contributed by atoms with van der Waals surface area (Å²) in [6, 6.07) is 3.18. The molecule has 8 nitrogen and oxygen atoms in total. The summed E-state index contributed by atoms with van der Waals surface area (Å²) in [6.07, 6.45) is 10.7. The van der Waals surface area contributed by atoms with Gasteiger partial charge in [-0.15, -0.1) is 0 Å². The third kappa shape index (κ3) is 4.56. The van der Waals surface area contributed by atoms with Crippen LogP contribution in [-0.2, 0) is 18.3 Å². The summed E-state index contributed by atoms with van der Waals surface area (Å²) in [7, 11) is 3.76. The van der Waals surface area contributed by atoms with Crippen molar-refractivity contribution in [1.29, 1.82) is 5.41 Å². The van der Waals surface area contributed by atoms with Crippen LogP contribution in [0.25, 0.3) is 0 Å². The van der Waals surface area contributed by atoms with Crippen LogP contribution in [0.2, 0.25) is 0 Å². The molecule has 156 valence electrons. The zero-order valence-electron chi connectivity index (χ0n) is 16.9. The Morgan fingerprint density at radius 3 is 2.90 bits per heavy atom. The summed E-state index contributed by atoms with van der Waals surface area (Å²) in [4.78, 5) is 10.5. The molecule has 2 N–H and O–H groups in total. The maximum atomic E-state index is 13.1. The number of pyridine rings is 1. The Labute approximate surface area is 174 Å². The molecule has 0 spiro atoms. The average Bonchev–Trinajstić information content (AvgIpc) is 3.39. The lowest BCUT2D eigenvalue weighted by atomic mass is 10.2. The van der Waals surface area contributed by atoms with Crippen molar-refractivity contribution in [3.63, 3.8) is 0 Å². The van der Waals surface area contributed by atoms with Crippen LogP contribution in [0.3, 0.4) is 0 Å². The van der Waals surface area contributed by atoms with E-state index >= 15 is 0 Å². The number of aryl methyl sites for hydroxylation is 1. The minimum absolute atomic E-state index is 0.293. The number of ether oxygens (including phenoxy) is 1. The Morgan fingerprint density at radius 1 is 1.33 bits per heavy atom. The van der Waals surface area contributed by atoms with E-state index in [1.165, 1.54) is 18.5 Å². The first kappa shape index (κ1) is 19.8. The largest absolute Gasteiger partial charge is 0.477 e. The van der Waals surface area contributed by atoms with Crippen LogP contribution in [-0.4, -0.2) is 45.4 Å². The van der Waals surface area contributed by atoms with Gasteiger partial charge < -0.3 is 20.4 Å². The molecule has 3 heterocycles. The van der Waals surface area contributed by atoms with Crippen molar-refractivity contribution in [1.82, 2.24) is 25.0 Å². The number of hydrogen-bond donors (Lipinski definition) is 2. The van der Waals surface area contributed by atoms with E-state index in [-0.39, 0.29) is 5.82 Å². The molecular formula is C21H24FN7O. The number of rotatable bonds is 7. The van der Waals surface area contributed by atoms with Gasteiger partial charge >= 0.3 is 0 Å². The van der Waals surface area contributed by atoms with Crippen LogP contribution in [0.5, 0.6) is 0 Å². The Morgan fingerprint density at radius 2 is 2.20 bits per heavy atom. The highest BCUT2D eigenvalue weighted by atomic mass is 19.1. The van der Waals surface area contributed by atoms with E-state index in [0.29, 0.717) is 36.7 Å². The SMILES string of the molecule is CN1C(NCc2cnn(C)c2)=CC(OC[C@H]2C[C@@H]2c2ccc(F)cn2)=N/C1=C/C=N. The number of nitrogens with one attached hydrogen (secondary N) is 2. The van der Waals surface area contributed by atoms with Gasteiger partial charge in [0.05, 0.1) is 19.0 Å². The molecule has 2 atom stereocenters. The van der Waals surface area contributed by atoms with Crippen LogP contribution in [0, 0.1) is 17.1 Å². The number of nitrogens with zero attached hydrogens (tertiary/aromatic N) is 5. The number of aliphatic imine (C=N–C) groups is 1. The molecule has 0 bridgehead atoms. The maximum absolute atomic E-state index is 13.1. The Hall–Kier alpha value is -3.49. The first-order valence-corrected chi connectivity index (χ1v) is 9.74. The highest BCUT2D eigenvalue weighted by Crippen LogP contribution is 2.46. The van der Waals surface area contributed by atoms with Crippen LogP contribution < -0.4 is 5.32 Å². The van der Waals surface area contributed by atoms with E-state index in [9.17, 15) is 4.39 Å². The first-order chi connectivity index (χ1) is 14.5. The highest BCUT2D eigenvalue weighted by molar-refractivity contribution is 5.90. The third-order valence-electron chi connectivity index (χ3n) is 5.15. The fourth-order valence-electron chi connectivity index (χ4n) is 3.37. The molecule has 9 heteroatoms. The third-order valence-corrected chi connectivity index (χ3v) is 5.15. The fourth-order valence-corrected chi connectivity index (χ4v) is 3.37. The lowest BCUT2D eigenvalue weighted by Crippen LogP contribution is -2.32. The second kappa shape index (κ2) is 8.48. The molecule has 0 saturated heterocycles. The standard InChI is InChI=1S/C21H24FN7O/c1-28-12-14(10-26-28)9-25-20-8-21(27-19(5-6-23)29(20)2)30-13-15-7-17(15)18-4-3-16(22)11-24-18/h3-6,8,10-12,15,17,23,25H,7,9,13H2,1-2H3/b19-5-,23-6?/t15-,17+/m1/s1. The molecule has 1 aliphatic heterocycles. The van der Waals surface area contributed by atoms with Crippen molar-refractivity contribution >= 4 is 12.1 Å². The minimum Gasteiger partial charge on any atom is -0.477 e. The topological polar surface area (TPSA) is 91.4 Å². The zero-order chi connectivity index (χ0) is 21.1. The molecule has 1 fully saturated rings. The molecule has 0 amide bonds. The molecular weight excluding hydrogens is 385 g/mol. The van der Waals surface area contributed by atoms with Crippen molar-refractivity contribution in [3.05, 3.63) is 71.6 Å². The fraction of sp³-hybridized carbons (Fsp3) is 0.333. The molecule has 0 radical (unpaired) electrons. The molecule has 1 aliphatic carbocycles. The van der Waals surface area contributed by atoms with Gasteiger partial charge in [0.2, 0.25) is 5.90 Å². The summed E-state index contributed by atoms with van der Waals surface area (Å²) < 4.78 is 20.8. The number of allylic oxidation sites excluding steroid dienone is 1. The Bertz CT molecular complexity index is 1010. The van der Waals surface area contributed by atoms with Gasteiger partial charge in [0, 0.05) is 62.2 Å². The molecule has 0 aromatic carbocycles. The molecule has 1 saturated carbocycles. The summed E-state index contributed by atoms with van der Waals surface area (Å²) in [5.41, 5.74) is 1.95. The van der Waals surface area contributed by atoms with Crippen molar-refractivity contribution in [2.24, 2.45) is 18.0 Å². The van der Waals surface area contributed by atoms with Crippen molar-refractivity contribution < 1.29 is 9.13 Å². The maximum Gasteiger partial charge on any atom is 0.218 e. The van der Waals surface area contributed by atoms with Crippen LogP contribution in [0.4, 0.5) is 4.39 Å². The highest BCUT2D eigenvalue weighted by Gasteiger charge is 2.40. The second-order valence-corrected chi connectivity index (χ2v) is 7.42. The molecule has 2 aromatic heterocycles. The van der Waals surface area contributed by atoms with Gasteiger partial charge in [0.25, 0.3) is 0 Å². The Kier molecular flexibility index (Phi) is 5.60. The van der Waals surface area contributed by atoms with E-state index in [4.69, 9.17) is 10.1 Å². The van der Waals surface area contributed by atoms with Gasteiger partial charge in [-0.2, -0.15) is 10.1 Å². The minimum atomic E-state index is -0.324. The molecule has 2 aliphatic rings. The summed E-state index contributed by atoms with van der Waals surface area (Å²) in [6.45, 7) is 1.12. The van der Waals surface area contributed by atoms with Gasteiger partial charge in [0.1, 0.15) is 17.5 Å². The quantitative estimate of drug-likeness (QED) is 0.686. The van der Waals surface area contributed by atoms with Crippen LogP contribution in [0.1, 0.15) is 23.6 Å². The first-order valence-electron chi connectivity index (χ1n) is 9.74. The van der Waals surface area contributed by atoms with Crippen molar-refractivity contribution in [3.8, 4) is 0 Å². The van der Waals surface area contributed by atoms with Gasteiger partial charge in [0.15, 0.2) is 0 Å². The average molecular weight is 409 g/mol. The van der Waals surface area contributed by atoms with E-state index in [0.717, 1.165) is 23.5 Å². The predicted molar refractivity (Wildman–Crippen MR) is 111 cm³/mol.